The number of methoxy groups -OCH3 is 3. The van der Waals surface area contributed by atoms with Crippen molar-refractivity contribution in [2.24, 2.45) is 0 Å². The van der Waals surface area contributed by atoms with Crippen molar-refractivity contribution in [1.82, 2.24) is 5.32 Å². The maximum Gasteiger partial charge on any atom is 0.269 e. The van der Waals surface area contributed by atoms with Gasteiger partial charge in [-0.25, -0.2) is 0 Å². The monoisotopic (exact) mass is 375 g/mol. The summed E-state index contributed by atoms with van der Waals surface area (Å²) in [4.78, 5) is 22.6. The van der Waals surface area contributed by atoms with E-state index < -0.39 is 4.92 Å². The van der Waals surface area contributed by atoms with E-state index in [0.29, 0.717) is 30.2 Å². The zero-order valence-electron chi connectivity index (χ0n) is 15.3. The number of carbonyl (C=O) groups excluding carboxylic acids is 1. The summed E-state index contributed by atoms with van der Waals surface area (Å²) < 4.78 is 15.8. The Bertz CT molecular complexity index is 807. The summed E-state index contributed by atoms with van der Waals surface area (Å²) in [7, 11) is 4.42. The normalized spacial score (nSPS) is 10.0. The number of nitrogens with zero attached hydrogens (tertiary/aromatic N) is 1. The molecule has 2 N–H and O–H groups in total. The van der Waals surface area contributed by atoms with E-state index in [9.17, 15) is 14.9 Å². The molecule has 0 aromatic heterocycles. The first-order valence-electron chi connectivity index (χ1n) is 8.07. The Morgan fingerprint density at radius 3 is 2.19 bits per heavy atom. The quantitative estimate of drug-likeness (QED) is 0.393. The van der Waals surface area contributed by atoms with Crippen molar-refractivity contribution in [3.05, 3.63) is 52.1 Å². The first-order chi connectivity index (χ1) is 13.0. The van der Waals surface area contributed by atoms with Gasteiger partial charge in [0.05, 0.1) is 31.8 Å². The van der Waals surface area contributed by atoms with Crippen LogP contribution in [-0.4, -0.2) is 45.2 Å². The van der Waals surface area contributed by atoms with Crippen LogP contribution in [0.25, 0.3) is 0 Å². The minimum absolute atomic E-state index is 0.0226. The molecule has 0 heterocycles. The number of nitro groups is 1. The van der Waals surface area contributed by atoms with E-state index in [1.54, 1.807) is 24.3 Å². The summed E-state index contributed by atoms with van der Waals surface area (Å²) in [5.74, 6) is 0.776. The number of hydrogen-bond donors (Lipinski definition) is 2. The van der Waals surface area contributed by atoms with Crippen molar-refractivity contribution >= 4 is 17.3 Å². The maximum absolute atomic E-state index is 12.4. The summed E-state index contributed by atoms with van der Waals surface area (Å²) in [6.45, 7) is 0.784. The average Bonchev–Trinajstić information content (AvgIpc) is 2.69. The highest BCUT2D eigenvalue weighted by atomic mass is 16.6. The second-order valence-electron chi connectivity index (χ2n) is 5.37. The number of rotatable bonds is 9. The number of nitrogens with one attached hydrogen (secondary N) is 2. The van der Waals surface area contributed by atoms with E-state index in [1.807, 2.05) is 0 Å². The second-order valence-corrected chi connectivity index (χ2v) is 5.37. The molecule has 0 atom stereocenters. The molecule has 9 heteroatoms. The van der Waals surface area contributed by atoms with Gasteiger partial charge in [-0.15, -0.1) is 0 Å². The highest BCUT2D eigenvalue weighted by Crippen LogP contribution is 2.39. The zero-order chi connectivity index (χ0) is 19.8. The second kappa shape index (κ2) is 9.27. The number of benzene rings is 2. The van der Waals surface area contributed by atoms with Crippen molar-refractivity contribution < 1.29 is 23.9 Å². The molecule has 27 heavy (non-hydrogen) atoms. The minimum atomic E-state index is -0.458. The lowest BCUT2D eigenvalue weighted by Crippen LogP contribution is -2.29. The van der Waals surface area contributed by atoms with Gasteiger partial charge in [0.15, 0.2) is 11.5 Å². The van der Waals surface area contributed by atoms with E-state index in [2.05, 4.69) is 10.6 Å². The van der Waals surface area contributed by atoms with Crippen LogP contribution in [0, 0.1) is 10.1 Å². The summed E-state index contributed by atoms with van der Waals surface area (Å²) in [6.07, 6.45) is 0. The standard InChI is InChI=1S/C18H21N3O6/c1-25-15-9-8-14(16(26-2)17(15)27-3)18(22)20-11-10-19-12-4-6-13(7-5-12)21(23)24/h4-9,19H,10-11H2,1-3H3,(H,20,22). The van der Waals surface area contributed by atoms with Gasteiger partial charge >= 0.3 is 0 Å². The van der Waals surface area contributed by atoms with Crippen LogP contribution in [0.1, 0.15) is 10.4 Å². The Labute approximate surface area is 156 Å². The Morgan fingerprint density at radius 1 is 0.963 bits per heavy atom. The van der Waals surface area contributed by atoms with Crippen LogP contribution in [0.2, 0.25) is 0 Å². The van der Waals surface area contributed by atoms with E-state index in [1.165, 1.54) is 33.5 Å². The van der Waals surface area contributed by atoms with Crippen LogP contribution in [0.4, 0.5) is 11.4 Å². The third kappa shape index (κ3) is 4.78. The van der Waals surface area contributed by atoms with Crippen LogP contribution >= 0.6 is 0 Å². The molecule has 2 rings (SSSR count). The van der Waals surface area contributed by atoms with Gasteiger partial charge < -0.3 is 24.8 Å². The first-order valence-corrected chi connectivity index (χ1v) is 8.07. The van der Waals surface area contributed by atoms with Gasteiger partial charge in [-0.2, -0.15) is 0 Å². The summed E-state index contributed by atoms with van der Waals surface area (Å²) in [5.41, 5.74) is 1.07. The number of amides is 1. The fraction of sp³-hybridized carbons (Fsp3) is 0.278. The van der Waals surface area contributed by atoms with Crippen LogP contribution in [0.5, 0.6) is 17.2 Å². The van der Waals surface area contributed by atoms with Crippen molar-refractivity contribution in [3.63, 3.8) is 0 Å². The molecule has 0 bridgehead atoms. The molecule has 1 amide bonds. The summed E-state index contributed by atoms with van der Waals surface area (Å²) in [6, 6.07) is 9.27. The number of ether oxygens (including phenoxy) is 3. The highest BCUT2D eigenvalue weighted by molar-refractivity contribution is 5.98. The fourth-order valence-corrected chi connectivity index (χ4v) is 2.46. The van der Waals surface area contributed by atoms with Crippen LogP contribution < -0.4 is 24.8 Å². The molecule has 144 valence electrons. The molecule has 0 aliphatic rings. The fourth-order valence-electron chi connectivity index (χ4n) is 2.46. The van der Waals surface area contributed by atoms with Gasteiger partial charge in [0, 0.05) is 30.9 Å². The molecule has 0 saturated heterocycles. The number of non-ortho nitro benzene ring substituents is 1. The Balaban J connectivity index is 1.95. The van der Waals surface area contributed by atoms with Gasteiger partial charge in [-0.05, 0) is 24.3 Å². The van der Waals surface area contributed by atoms with Gasteiger partial charge in [-0.1, -0.05) is 0 Å². The number of nitro benzene ring substituents is 1. The molecular formula is C18H21N3O6. The van der Waals surface area contributed by atoms with Crippen molar-refractivity contribution in [3.8, 4) is 17.2 Å². The lowest BCUT2D eigenvalue weighted by atomic mass is 10.1. The lowest BCUT2D eigenvalue weighted by Gasteiger charge is -2.15. The topological polar surface area (TPSA) is 112 Å². The van der Waals surface area contributed by atoms with Gasteiger partial charge in [0.2, 0.25) is 5.75 Å². The minimum Gasteiger partial charge on any atom is -0.493 e. The van der Waals surface area contributed by atoms with E-state index in [0.717, 1.165) is 5.69 Å². The molecule has 0 aliphatic carbocycles. The van der Waals surface area contributed by atoms with Crippen molar-refractivity contribution in [2.45, 2.75) is 0 Å². The first kappa shape index (κ1) is 19.8. The molecule has 9 nitrogen and oxygen atoms in total. The molecule has 0 aliphatic heterocycles. The van der Waals surface area contributed by atoms with Gasteiger partial charge in [0.1, 0.15) is 0 Å². The average molecular weight is 375 g/mol. The molecule has 0 radical (unpaired) electrons. The maximum atomic E-state index is 12.4. The highest BCUT2D eigenvalue weighted by Gasteiger charge is 2.20. The third-order valence-corrected chi connectivity index (χ3v) is 3.77. The number of hydrogen-bond acceptors (Lipinski definition) is 7. The molecule has 0 fully saturated rings. The molecule has 0 unspecified atom stereocenters. The van der Waals surface area contributed by atoms with E-state index in [4.69, 9.17) is 14.2 Å². The number of carbonyl (C=O) groups is 1. The number of anilines is 1. The molecule has 0 saturated carbocycles. The van der Waals surface area contributed by atoms with Crippen molar-refractivity contribution in [1.29, 1.82) is 0 Å². The molecule has 2 aromatic rings. The van der Waals surface area contributed by atoms with Crippen LogP contribution in [-0.2, 0) is 0 Å². The van der Waals surface area contributed by atoms with E-state index in [-0.39, 0.29) is 17.3 Å². The smallest absolute Gasteiger partial charge is 0.269 e. The third-order valence-electron chi connectivity index (χ3n) is 3.77. The largest absolute Gasteiger partial charge is 0.493 e. The Morgan fingerprint density at radius 2 is 1.63 bits per heavy atom. The summed E-state index contributed by atoms with van der Waals surface area (Å²) in [5, 5.41) is 16.5. The van der Waals surface area contributed by atoms with Gasteiger partial charge in [0.25, 0.3) is 11.6 Å². The predicted molar refractivity (Wildman–Crippen MR) is 100 cm³/mol. The van der Waals surface area contributed by atoms with Crippen LogP contribution in [0.15, 0.2) is 36.4 Å². The Hall–Kier alpha value is -3.49. The zero-order valence-corrected chi connectivity index (χ0v) is 15.3. The Kier molecular flexibility index (Phi) is 6.81. The SMILES string of the molecule is COc1ccc(C(=O)NCCNc2ccc([N+](=O)[O-])cc2)c(OC)c1OC. The van der Waals surface area contributed by atoms with Crippen LogP contribution in [0.3, 0.4) is 0 Å². The molecule has 0 spiro atoms. The predicted octanol–water partition coefficient (Wildman–Crippen LogP) is 2.46. The molecule has 2 aromatic carbocycles. The van der Waals surface area contributed by atoms with Gasteiger partial charge in [-0.3, -0.25) is 14.9 Å². The lowest BCUT2D eigenvalue weighted by molar-refractivity contribution is -0.384. The van der Waals surface area contributed by atoms with Crippen molar-refractivity contribution in [2.75, 3.05) is 39.7 Å². The summed E-state index contributed by atoms with van der Waals surface area (Å²) >= 11 is 0. The van der Waals surface area contributed by atoms with E-state index >= 15 is 0 Å². The molecular weight excluding hydrogens is 354 g/mol.